The Morgan fingerprint density at radius 1 is 1.41 bits per heavy atom. The molecule has 1 rings (SSSR count). The summed E-state index contributed by atoms with van der Waals surface area (Å²) >= 11 is 0. The molecule has 0 fully saturated rings. The fraction of sp³-hybridized carbons (Fsp3) is 0.467. The second kappa shape index (κ2) is 5.76. The first-order valence-corrected chi connectivity index (χ1v) is 6.14. The molecule has 0 atom stereocenters. The van der Waals surface area contributed by atoms with Crippen LogP contribution >= 0.6 is 0 Å². The van der Waals surface area contributed by atoms with E-state index in [0.717, 1.165) is 22.4 Å². The number of rotatable bonds is 4. The number of aromatic hydroxyl groups is 1. The summed E-state index contributed by atoms with van der Waals surface area (Å²) in [6.45, 7) is 10.7. The van der Waals surface area contributed by atoms with Crippen LogP contribution in [0.25, 0.3) is 5.76 Å². The molecule has 2 nitrogen and oxygen atoms in total. The number of hydrogen-bond donors (Lipinski definition) is 1. The van der Waals surface area contributed by atoms with E-state index in [1.165, 1.54) is 0 Å². The summed E-state index contributed by atoms with van der Waals surface area (Å²) in [6, 6.07) is 3.84. The van der Waals surface area contributed by atoms with E-state index < -0.39 is 0 Å². The number of allylic oxidation sites excluding steroid dienone is 1. The minimum absolute atomic E-state index is 0.300. The van der Waals surface area contributed by atoms with Crippen LogP contribution in [-0.2, 0) is 4.74 Å². The number of ether oxygens (including phenoxy) is 1. The smallest absolute Gasteiger partial charge is 0.122 e. The number of phenolic OH excluding ortho intramolecular Hbond substituents is 1. The van der Waals surface area contributed by atoms with E-state index in [1.807, 2.05) is 39.0 Å². The third kappa shape index (κ3) is 3.02. The van der Waals surface area contributed by atoms with Gasteiger partial charge in [0.25, 0.3) is 0 Å². The summed E-state index contributed by atoms with van der Waals surface area (Å²) in [7, 11) is 0. The van der Waals surface area contributed by atoms with Gasteiger partial charge >= 0.3 is 0 Å². The Morgan fingerprint density at radius 3 is 2.53 bits per heavy atom. The van der Waals surface area contributed by atoms with E-state index in [-0.39, 0.29) is 0 Å². The third-order valence-electron chi connectivity index (χ3n) is 2.82. The molecular weight excluding hydrogens is 212 g/mol. The first kappa shape index (κ1) is 13.6. The minimum Gasteiger partial charge on any atom is -0.508 e. The molecular formula is C15H22O2. The predicted octanol–water partition coefficient (Wildman–Crippen LogP) is 4.22. The predicted molar refractivity (Wildman–Crippen MR) is 72.2 cm³/mol. The maximum atomic E-state index is 9.91. The standard InChI is InChI=1S/C15H22O2/c1-6-15(17-7-2)13-9-12(10(3)4)14(16)8-11(13)5/h6,8-10,16H,7H2,1-5H3/b15-6-. The van der Waals surface area contributed by atoms with Gasteiger partial charge in [0.05, 0.1) is 6.61 Å². The van der Waals surface area contributed by atoms with Crippen LogP contribution in [0.3, 0.4) is 0 Å². The molecule has 0 amide bonds. The zero-order valence-corrected chi connectivity index (χ0v) is 11.4. The summed E-state index contributed by atoms with van der Waals surface area (Å²) in [4.78, 5) is 0. The van der Waals surface area contributed by atoms with Gasteiger partial charge in [-0.25, -0.2) is 0 Å². The highest BCUT2D eigenvalue weighted by Gasteiger charge is 2.12. The highest BCUT2D eigenvalue weighted by atomic mass is 16.5. The second-order valence-corrected chi connectivity index (χ2v) is 4.47. The molecule has 0 bridgehead atoms. The topological polar surface area (TPSA) is 29.5 Å². The molecule has 0 aliphatic heterocycles. The van der Waals surface area contributed by atoms with Gasteiger partial charge in [-0.1, -0.05) is 13.8 Å². The summed E-state index contributed by atoms with van der Waals surface area (Å²) in [5.41, 5.74) is 3.06. The van der Waals surface area contributed by atoms with Crippen molar-refractivity contribution in [2.45, 2.75) is 40.5 Å². The van der Waals surface area contributed by atoms with Gasteiger partial charge in [0.15, 0.2) is 0 Å². The molecule has 0 aliphatic rings. The van der Waals surface area contributed by atoms with E-state index >= 15 is 0 Å². The normalized spacial score (nSPS) is 12.0. The fourth-order valence-corrected chi connectivity index (χ4v) is 1.91. The summed E-state index contributed by atoms with van der Waals surface area (Å²) in [5, 5.41) is 9.91. The Labute approximate surface area is 104 Å². The zero-order valence-electron chi connectivity index (χ0n) is 11.4. The van der Waals surface area contributed by atoms with Gasteiger partial charge in [0.2, 0.25) is 0 Å². The van der Waals surface area contributed by atoms with E-state index in [0.29, 0.717) is 18.3 Å². The van der Waals surface area contributed by atoms with Crippen LogP contribution in [-0.4, -0.2) is 11.7 Å². The van der Waals surface area contributed by atoms with E-state index in [9.17, 15) is 5.11 Å². The molecule has 0 saturated heterocycles. The monoisotopic (exact) mass is 234 g/mol. The number of phenols is 1. The van der Waals surface area contributed by atoms with Crippen LogP contribution in [0.4, 0.5) is 0 Å². The summed E-state index contributed by atoms with van der Waals surface area (Å²) in [6.07, 6.45) is 1.97. The average molecular weight is 234 g/mol. The molecule has 1 N–H and O–H groups in total. The Morgan fingerprint density at radius 2 is 2.06 bits per heavy atom. The fourth-order valence-electron chi connectivity index (χ4n) is 1.91. The highest BCUT2D eigenvalue weighted by molar-refractivity contribution is 5.65. The SMILES string of the molecule is C/C=C(\OCC)c1cc(C(C)C)c(O)cc1C. The van der Waals surface area contributed by atoms with E-state index in [4.69, 9.17) is 4.74 Å². The van der Waals surface area contributed by atoms with Crippen molar-refractivity contribution in [1.82, 2.24) is 0 Å². The Balaban J connectivity index is 3.28. The minimum atomic E-state index is 0.300. The van der Waals surface area contributed by atoms with E-state index in [1.54, 1.807) is 0 Å². The van der Waals surface area contributed by atoms with Gasteiger partial charge < -0.3 is 9.84 Å². The molecule has 0 aromatic heterocycles. The van der Waals surface area contributed by atoms with Gasteiger partial charge in [-0.05, 0) is 56.0 Å². The first-order valence-electron chi connectivity index (χ1n) is 6.14. The molecule has 0 unspecified atom stereocenters. The van der Waals surface area contributed by atoms with Gasteiger partial charge in [0.1, 0.15) is 11.5 Å². The second-order valence-electron chi connectivity index (χ2n) is 4.47. The van der Waals surface area contributed by atoms with Crippen molar-refractivity contribution in [3.05, 3.63) is 34.9 Å². The van der Waals surface area contributed by atoms with Crippen LogP contribution in [0.1, 0.15) is 50.3 Å². The summed E-state index contributed by atoms with van der Waals surface area (Å²) < 4.78 is 5.61. The molecule has 94 valence electrons. The van der Waals surface area contributed by atoms with E-state index in [2.05, 4.69) is 13.8 Å². The van der Waals surface area contributed by atoms with Crippen LogP contribution in [0.15, 0.2) is 18.2 Å². The Hall–Kier alpha value is -1.44. The lowest BCUT2D eigenvalue weighted by molar-refractivity contribution is 0.297. The van der Waals surface area contributed by atoms with Gasteiger partial charge in [-0.2, -0.15) is 0 Å². The molecule has 1 aromatic carbocycles. The largest absolute Gasteiger partial charge is 0.508 e. The lowest BCUT2D eigenvalue weighted by Gasteiger charge is -2.16. The van der Waals surface area contributed by atoms with Crippen LogP contribution in [0.2, 0.25) is 0 Å². The Kier molecular flexibility index (Phi) is 4.62. The number of benzene rings is 1. The lowest BCUT2D eigenvalue weighted by atomic mass is 9.95. The summed E-state index contributed by atoms with van der Waals surface area (Å²) in [5.74, 6) is 1.55. The van der Waals surface area contributed by atoms with Crippen molar-refractivity contribution in [2.75, 3.05) is 6.61 Å². The van der Waals surface area contributed by atoms with Crippen molar-refractivity contribution >= 4 is 5.76 Å². The van der Waals surface area contributed by atoms with Crippen LogP contribution < -0.4 is 0 Å². The lowest BCUT2D eigenvalue weighted by Crippen LogP contribution is -1.98. The number of hydrogen-bond acceptors (Lipinski definition) is 2. The van der Waals surface area contributed by atoms with Crippen molar-refractivity contribution in [3.8, 4) is 5.75 Å². The van der Waals surface area contributed by atoms with Crippen molar-refractivity contribution in [2.24, 2.45) is 0 Å². The quantitative estimate of drug-likeness (QED) is 0.790. The average Bonchev–Trinajstić information content (AvgIpc) is 2.26. The first-order chi connectivity index (χ1) is 8.01. The molecule has 0 aliphatic carbocycles. The van der Waals surface area contributed by atoms with Gasteiger partial charge in [-0.15, -0.1) is 0 Å². The third-order valence-corrected chi connectivity index (χ3v) is 2.82. The maximum Gasteiger partial charge on any atom is 0.122 e. The molecule has 0 heterocycles. The highest BCUT2D eigenvalue weighted by Crippen LogP contribution is 2.31. The molecule has 0 radical (unpaired) electrons. The van der Waals surface area contributed by atoms with Crippen LogP contribution in [0.5, 0.6) is 5.75 Å². The van der Waals surface area contributed by atoms with Crippen molar-refractivity contribution < 1.29 is 9.84 Å². The maximum absolute atomic E-state index is 9.91. The molecule has 0 saturated carbocycles. The molecule has 2 heteroatoms. The van der Waals surface area contributed by atoms with Crippen molar-refractivity contribution in [1.29, 1.82) is 0 Å². The number of aryl methyl sites for hydroxylation is 1. The molecule has 0 spiro atoms. The zero-order chi connectivity index (χ0) is 13.0. The molecule has 1 aromatic rings. The Bertz CT molecular complexity index is 417. The van der Waals surface area contributed by atoms with Gasteiger partial charge in [0, 0.05) is 5.56 Å². The van der Waals surface area contributed by atoms with Crippen LogP contribution in [0, 0.1) is 6.92 Å². The van der Waals surface area contributed by atoms with Crippen molar-refractivity contribution in [3.63, 3.8) is 0 Å². The van der Waals surface area contributed by atoms with Gasteiger partial charge in [-0.3, -0.25) is 0 Å². The molecule has 17 heavy (non-hydrogen) atoms.